The lowest BCUT2D eigenvalue weighted by atomic mass is 10.1. The molecule has 0 spiro atoms. The number of amides is 1. The highest BCUT2D eigenvalue weighted by Crippen LogP contribution is 2.19. The number of carbonyl (C=O) groups is 1. The molecule has 0 unspecified atom stereocenters. The Morgan fingerprint density at radius 1 is 1.29 bits per heavy atom. The molecule has 0 radical (unpaired) electrons. The highest BCUT2D eigenvalue weighted by atomic mass is 32.2. The molecule has 1 fully saturated rings. The molecule has 1 atom stereocenters. The second-order valence-electron chi connectivity index (χ2n) is 5.88. The summed E-state index contributed by atoms with van der Waals surface area (Å²) in [5.41, 5.74) is 1.67. The van der Waals surface area contributed by atoms with Crippen LogP contribution in [0.15, 0.2) is 53.6 Å². The fourth-order valence-electron chi connectivity index (χ4n) is 2.86. The first-order valence-electron chi connectivity index (χ1n) is 8.21. The molecule has 1 aromatic carbocycles. The van der Waals surface area contributed by atoms with Gasteiger partial charge in [-0.2, -0.15) is 0 Å². The predicted molar refractivity (Wildman–Crippen MR) is 96.2 cm³/mol. The number of hydrogen-bond acceptors (Lipinski definition) is 4. The van der Waals surface area contributed by atoms with Crippen molar-refractivity contribution in [3.63, 3.8) is 0 Å². The number of nitrogens with zero attached hydrogens (tertiary/aromatic N) is 2. The standard InChI is InChI=1S/C19H22N2O2S/c1-24-18-9-7-15(8-10-18)19(22)21-12-4-6-17(13-21)23-14-16-5-2-3-11-20-16/h2-3,5,7-11,17H,4,6,12-14H2,1H3/t17-/m0/s1. The van der Waals surface area contributed by atoms with E-state index >= 15 is 0 Å². The van der Waals surface area contributed by atoms with E-state index in [1.54, 1.807) is 18.0 Å². The van der Waals surface area contributed by atoms with E-state index in [-0.39, 0.29) is 12.0 Å². The van der Waals surface area contributed by atoms with E-state index in [0.29, 0.717) is 13.2 Å². The molecule has 0 N–H and O–H groups in total. The Bertz CT molecular complexity index is 661. The lowest BCUT2D eigenvalue weighted by molar-refractivity contribution is -0.00785. The quantitative estimate of drug-likeness (QED) is 0.778. The second-order valence-corrected chi connectivity index (χ2v) is 6.76. The number of benzene rings is 1. The van der Waals surface area contributed by atoms with Gasteiger partial charge in [-0.15, -0.1) is 11.8 Å². The lowest BCUT2D eigenvalue weighted by Gasteiger charge is -2.32. The van der Waals surface area contributed by atoms with Crippen LogP contribution in [0.3, 0.4) is 0 Å². The van der Waals surface area contributed by atoms with Gasteiger partial charge in [0.1, 0.15) is 0 Å². The SMILES string of the molecule is CSc1ccc(C(=O)N2CCC[C@H](OCc3ccccn3)C2)cc1. The number of thioether (sulfide) groups is 1. The first-order valence-corrected chi connectivity index (χ1v) is 9.43. The van der Waals surface area contributed by atoms with Gasteiger partial charge in [-0.3, -0.25) is 9.78 Å². The fraction of sp³-hybridized carbons (Fsp3) is 0.368. The summed E-state index contributed by atoms with van der Waals surface area (Å²) in [6.07, 6.45) is 5.84. The molecule has 1 saturated heterocycles. The number of likely N-dealkylation sites (tertiary alicyclic amines) is 1. The molecule has 0 saturated carbocycles. The molecule has 5 heteroatoms. The van der Waals surface area contributed by atoms with Crippen molar-refractivity contribution < 1.29 is 9.53 Å². The minimum atomic E-state index is 0.0789. The zero-order valence-electron chi connectivity index (χ0n) is 13.9. The summed E-state index contributed by atoms with van der Waals surface area (Å²) in [5, 5.41) is 0. The molecular formula is C19H22N2O2S. The van der Waals surface area contributed by atoms with Gasteiger partial charge >= 0.3 is 0 Å². The van der Waals surface area contributed by atoms with E-state index < -0.39 is 0 Å². The third kappa shape index (κ3) is 4.36. The Morgan fingerprint density at radius 2 is 2.12 bits per heavy atom. The van der Waals surface area contributed by atoms with Crippen LogP contribution in [0.2, 0.25) is 0 Å². The van der Waals surface area contributed by atoms with E-state index in [2.05, 4.69) is 4.98 Å². The molecule has 1 aliphatic rings. The number of carbonyl (C=O) groups excluding carboxylic acids is 1. The average Bonchev–Trinajstić information content (AvgIpc) is 2.67. The number of aromatic nitrogens is 1. The highest BCUT2D eigenvalue weighted by Gasteiger charge is 2.25. The van der Waals surface area contributed by atoms with E-state index in [1.807, 2.05) is 53.6 Å². The summed E-state index contributed by atoms with van der Waals surface area (Å²) < 4.78 is 5.96. The van der Waals surface area contributed by atoms with Crippen LogP contribution in [-0.4, -0.2) is 41.2 Å². The van der Waals surface area contributed by atoms with Crippen LogP contribution in [0, 0.1) is 0 Å². The molecule has 3 rings (SSSR count). The predicted octanol–water partition coefficient (Wildman–Crippen LogP) is 3.62. The number of rotatable bonds is 5. The largest absolute Gasteiger partial charge is 0.370 e. The Balaban J connectivity index is 1.57. The van der Waals surface area contributed by atoms with E-state index in [1.165, 1.54) is 4.90 Å². The maximum atomic E-state index is 12.7. The zero-order valence-corrected chi connectivity index (χ0v) is 14.7. The molecular weight excluding hydrogens is 320 g/mol. The van der Waals surface area contributed by atoms with Gasteiger partial charge in [0.05, 0.1) is 18.4 Å². The van der Waals surface area contributed by atoms with Gasteiger partial charge in [-0.1, -0.05) is 6.07 Å². The van der Waals surface area contributed by atoms with E-state index in [0.717, 1.165) is 30.6 Å². The average molecular weight is 342 g/mol. The van der Waals surface area contributed by atoms with Crippen molar-refractivity contribution in [2.75, 3.05) is 19.3 Å². The van der Waals surface area contributed by atoms with Crippen molar-refractivity contribution in [3.05, 3.63) is 59.9 Å². The zero-order chi connectivity index (χ0) is 16.8. The Morgan fingerprint density at radius 3 is 2.83 bits per heavy atom. The minimum Gasteiger partial charge on any atom is -0.370 e. The normalized spacial score (nSPS) is 17.7. The van der Waals surface area contributed by atoms with Crippen LogP contribution in [0.5, 0.6) is 0 Å². The van der Waals surface area contributed by atoms with Gasteiger partial charge in [-0.05, 0) is 55.5 Å². The number of pyridine rings is 1. The molecule has 4 nitrogen and oxygen atoms in total. The van der Waals surface area contributed by atoms with Crippen LogP contribution in [0.25, 0.3) is 0 Å². The number of piperidine rings is 1. The topological polar surface area (TPSA) is 42.4 Å². The summed E-state index contributed by atoms with van der Waals surface area (Å²) in [5.74, 6) is 0.0915. The van der Waals surface area contributed by atoms with Crippen LogP contribution >= 0.6 is 11.8 Å². The molecule has 1 amide bonds. The van der Waals surface area contributed by atoms with Gasteiger partial charge < -0.3 is 9.64 Å². The van der Waals surface area contributed by atoms with Crippen molar-refractivity contribution in [2.24, 2.45) is 0 Å². The summed E-state index contributed by atoms with van der Waals surface area (Å²) in [4.78, 5) is 20.0. The van der Waals surface area contributed by atoms with Crippen molar-refractivity contribution >= 4 is 17.7 Å². The molecule has 1 aromatic heterocycles. The Labute approximate surface area is 147 Å². The molecule has 2 aromatic rings. The third-order valence-electron chi connectivity index (χ3n) is 4.20. The summed E-state index contributed by atoms with van der Waals surface area (Å²) in [6.45, 7) is 1.94. The summed E-state index contributed by atoms with van der Waals surface area (Å²) >= 11 is 1.68. The number of ether oxygens (including phenoxy) is 1. The number of hydrogen-bond donors (Lipinski definition) is 0. The maximum Gasteiger partial charge on any atom is 0.253 e. The smallest absolute Gasteiger partial charge is 0.253 e. The maximum absolute atomic E-state index is 12.7. The fourth-order valence-corrected chi connectivity index (χ4v) is 3.27. The Hall–Kier alpha value is -1.85. The molecule has 126 valence electrons. The molecule has 0 aliphatic carbocycles. The Kier molecular flexibility index (Phi) is 5.88. The molecule has 0 bridgehead atoms. The van der Waals surface area contributed by atoms with E-state index in [4.69, 9.17) is 4.74 Å². The van der Waals surface area contributed by atoms with Crippen molar-refractivity contribution in [1.29, 1.82) is 0 Å². The van der Waals surface area contributed by atoms with Crippen LogP contribution in [0.1, 0.15) is 28.9 Å². The van der Waals surface area contributed by atoms with Crippen molar-refractivity contribution in [2.45, 2.75) is 30.4 Å². The summed E-state index contributed by atoms with van der Waals surface area (Å²) in [6, 6.07) is 13.6. The first kappa shape index (κ1) is 17.0. The lowest BCUT2D eigenvalue weighted by Crippen LogP contribution is -2.43. The molecule has 1 aliphatic heterocycles. The first-order chi connectivity index (χ1) is 11.8. The van der Waals surface area contributed by atoms with Gasteiger partial charge in [0.15, 0.2) is 0 Å². The highest BCUT2D eigenvalue weighted by molar-refractivity contribution is 7.98. The van der Waals surface area contributed by atoms with Gasteiger partial charge in [0.2, 0.25) is 0 Å². The second kappa shape index (κ2) is 8.31. The summed E-state index contributed by atoms with van der Waals surface area (Å²) in [7, 11) is 0. The molecule has 24 heavy (non-hydrogen) atoms. The van der Waals surface area contributed by atoms with Crippen molar-refractivity contribution in [3.8, 4) is 0 Å². The van der Waals surface area contributed by atoms with Crippen LogP contribution < -0.4 is 0 Å². The minimum absolute atomic E-state index is 0.0789. The molecule has 2 heterocycles. The van der Waals surface area contributed by atoms with Crippen LogP contribution in [0.4, 0.5) is 0 Å². The van der Waals surface area contributed by atoms with Crippen molar-refractivity contribution in [1.82, 2.24) is 9.88 Å². The van der Waals surface area contributed by atoms with Gasteiger partial charge in [0.25, 0.3) is 5.91 Å². The van der Waals surface area contributed by atoms with Gasteiger partial charge in [-0.25, -0.2) is 0 Å². The van der Waals surface area contributed by atoms with Crippen LogP contribution in [-0.2, 0) is 11.3 Å². The third-order valence-corrected chi connectivity index (χ3v) is 4.94. The monoisotopic (exact) mass is 342 g/mol. The van der Waals surface area contributed by atoms with E-state index in [9.17, 15) is 4.79 Å². The van der Waals surface area contributed by atoms with Gasteiger partial charge in [0, 0.05) is 29.7 Å².